The van der Waals surface area contributed by atoms with Crippen LogP contribution in [0, 0.1) is 24.2 Å². The van der Waals surface area contributed by atoms with Crippen LogP contribution in [0.3, 0.4) is 0 Å². The summed E-state index contributed by atoms with van der Waals surface area (Å²) >= 11 is 0. The molecule has 34 heavy (non-hydrogen) atoms. The van der Waals surface area contributed by atoms with E-state index >= 15 is 0 Å². The Morgan fingerprint density at radius 1 is 0.971 bits per heavy atom. The standard InChI is InChI=1S/C30H37FN2O/c1-32-27-10-12-28(13-11-27)34-21-5-18-33-19-15-25(16-20-33)30(24-7-2-3-8-24)17-4-6-23-22-26(31)9-14-29(23)30/h9-14,22,24-25H,2-8,15-21H2. The van der Waals surface area contributed by atoms with Crippen LogP contribution in [0.5, 0.6) is 5.75 Å². The van der Waals surface area contributed by atoms with E-state index in [4.69, 9.17) is 11.3 Å². The molecule has 0 aromatic heterocycles. The number of benzene rings is 2. The molecular weight excluding hydrogens is 423 g/mol. The molecule has 0 spiro atoms. The minimum atomic E-state index is -0.0691. The molecule has 1 saturated carbocycles. The van der Waals surface area contributed by atoms with Crippen molar-refractivity contribution >= 4 is 5.69 Å². The van der Waals surface area contributed by atoms with E-state index < -0.39 is 0 Å². The van der Waals surface area contributed by atoms with Gasteiger partial charge in [0.1, 0.15) is 11.6 Å². The summed E-state index contributed by atoms with van der Waals surface area (Å²) in [6.07, 6.45) is 12.5. The van der Waals surface area contributed by atoms with Crippen molar-refractivity contribution in [1.82, 2.24) is 4.90 Å². The van der Waals surface area contributed by atoms with E-state index in [-0.39, 0.29) is 11.2 Å². The van der Waals surface area contributed by atoms with Crippen molar-refractivity contribution in [2.45, 2.75) is 69.6 Å². The number of halogens is 1. The molecule has 0 N–H and O–H groups in total. The number of aryl methyl sites for hydroxylation is 1. The Bertz CT molecular complexity index is 999. The van der Waals surface area contributed by atoms with Crippen LogP contribution in [0.25, 0.3) is 4.85 Å². The number of rotatable bonds is 7. The predicted octanol–water partition coefficient (Wildman–Crippen LogP) is 7.32. The van der Waals surface area contributed by atoms with E-state index in [1.807, 2.05) is 30.3 Å². The normalized spacial score (nSPS) is 24.0. The Labute approximate surface area is 204 Å². The lowest BCUT2D eigenvalue weighted by molar-refractivity contribution is 0.0711. The molecule has 5 rings (SSSR count). The SMILES string of the molecule is [C-]#[N+]c1ccc(OCCCN2CCC(C3(C4CCCC4)CCCc4cc(F)ccc43)CC2)cc1. The maximum atomic E-state index is 14.1. The number of ether oxygens (including phenoxy) is 1. The van der Waals surface area contributed by atoms with Gasteiger partial charge < -0.3 is 9.64 Å². The maximum absolute atomic E-state index is 14.1. The molecule has 1 heterocycles. The lowest BCUT2D eigenvalue weighted by Gasteiger charge is -2.52. The highest BCUT2D eigenvalue weighted by Crippen LogP contribution is 2.55. The Balaban J connectivity index is 1.19. The summed E-state index contributed by atoms with van der Waals surface area (Å²) in [5, 5.41) is 0. The lowest BCUT2D eigenvalue weighted by atomic mass is 9.54. The fourth-order valence-corrected chi connectivity index (χ4v) is 7.32. The summed E-state index contributed by atoms with van der Waals surface area (Å²) in [4.78, 5) is 6.04. The molecule has 3 aliphatic rings. The second kappa shape index (κ2) is 10.5. The van der Waals surface area contributed by atoms with E-state index in [1.165, 1.54) is 62.5 Å². The van der Waals surface area contributed by atoms with E-state index in [1.54, 1.807) is 6.07 Å². The highest BCUT2D eigenvalue weighted by atomic mass is 19.1. The van der Waals surface area contributed by atoms with Crippen LogP contribution in [-0.2, 0) is 11.8 Å². The molecular formula is C30H37FN2O. The van der Waals surface area contributed by atoms with Gasteiger partial charge in [0.25, 0.3) is 0 Å². The molecule has 0 bridgehead atoms. The number of likely N-dealkylation sites (tertiary alicyclic amines) is 1. The molecule has 180 valence electrons. The third-order valence-electron chi connectivity index (χ3n) is 8.86. The summed E-state index contributed by atoms with van der Waals surface area (Å²) in [7, 11) is 0. The third kappa shape index (κ3) is 4.73. The Morgan fingerprint density at radius 2 is 1.71 bits per heavy atom. The minimum absolute atomic E-state index is 0.0691. The summed E-state index contributed by atoms with van der Waals surface area (Å²) < 4.78 is 20.0. The van der Waals surface area contributed by atoms with Crippen LogP contribution in [-0.4, -0.2) is 31.1 Å². The zero-order valence-corrected chi connectivity index (χ0v) is 20.3. The molecule has 1 unspecified atom stereocenters. The largest absolute Gasteiger partial charge is 0.494 e. The van der Waals surface area contributed by atoms with Gasteiger partial charge in [-0.15, -0.1) is 0 Å². The molecule has 2 fully saturated rings. The van der Waals surface area contributed by atoms with Crippen molar-refractivity contribution in [3.63, 3.8) is 0 Å². The van der Waals surface area contributed by atoms with Gasteiger partial charge in [-0.1, -0.05) is 31.0 Å². The van der Waals surface area contributed by atoms with Gasteiger partial charge in [-0.3, -0.25) is 0 Å². The average molecular weight is 461 g/mol. The zero-order chi connectivity index (χ0) is 23.4. The Morgan fingerprint density at radius 3 is 2.44 bits per heavy atom. The smallest absolute Gasteiger partial charge is 0.187 e. The molecule has 1 aliphatic heterocycles. The van der Waals surface area contributed by atoms with Gasteiger partial charge in [0.05, 0.1) is 13.2 Å². The molecule has 1 atom stereocenters. The summed E-state index contributed by atoms with van der Waals surface area (Å²) in [6, 6.07) is 13.1. The van der Waals surface area contributed by atoms with Crippen molar-refractivity contribution in [2.24, 2.45) is 11.8 Å². The average Bonchev–Trinajstić information content (AvgIpc) is 3.42. The summed E-state index contributed by atoms with van der Waals surface area (Å²) in [5.41, 5.74) is 3.71. The topological polar surface area (TPSA) is 16.8 Å². The van der Waals surface area contributed by atoms with Crippen LogP contribution in [0.4, 0.5) is 10.1 Å². The first-order valence-corrected chi connectivity index (χ1v) is 13.3. The van der Waals surface area contributed by atoms with E-state index in [0.29, 0.717) is 18.2 Å². The number of fused-ring (bicyclic) bond motifs is 1. The van der Waals surface area contributed by atoms with Crippen molar-refractivity contribution in [1.29, 1.82) is 0 Å². The van der Waals surface area contributed by atoms with Crippen LogP contribution >= 0.6 is 0 Å². The number of hydrogen-bond donors (Lipinski definition) is 0. The highest BCUT2D eigenvalue weighted by molar-refractivity contribution is 5.47. The second-order valence-corrected chi connectivity index (χ2v) is 10.6. The van der Waals surface area contributed by atoms with Gasteiger partial charge in [-0.05, 0) is 112 Å². The summed E-state index contributed by atoms with van der Waals surface area (Å²) in [6.45, 7) is 11.2. The third-order valence-corrected chi connectivity index (χ3v) is 8.86. The van der Waals surface area contributed by atoms with Gasteiger partial charge in [-0.25, -0.2) is 9.24 Å². The van der Waals surface area contributed by atoms with Gasteiger partial charge in [-0.2, -0.15) is 0 Å². The predicted molar refractivity (Wildman–Crippen MR) is 135 cm³/mol. The van der Waals surface area contributed by atoms with Gasteiger partial charge in [0.15, 0.2) is 5.69 Å². The Hall–Kier alpha value is -2.38. The molecule has 2 aromatic rings. The van der Waals surface area contributed by atoms with Crippen molar-refractivity contribution in [3.8, 4) is 5.75 Å². The first-order valence-electron chi connectivity index (χ1n) is 13.3. The van der Waals surface area contributed by atoms with E-state index in [2.05, 4.69) is 15.8 Å². The van der Waals surface area contributed by atoms with Crippen molar-refractivity contribution < 1.29 is 9.13 Å². The van der Waals surface area contributed by atoms with Crippen molar-refractivity contribution in [2.75, 3.05) is 26.2 Å². The monoisotopic (exact) mass is 460 g/mol. The van der Waals surface area contributed by atoms with Gasteiger partial charge in [0.2, 0.25) is 0 Å². The number of piperidine rings is 1. The summed E-state index contributed by atoms with van der Waals surface area (Å²) in [5.74, 6) is 2.27. The molecule has 0 radical (unpaired) electrons. The number of nitrogens with zero attached hydrogens (tertiary/aromatic N) is 2. The van der Waals surface area contributed by atoms with E-state index in [9.17, 15) is 4.39 Å². The molecule has 0 amide bonds. The quantitative estimate of drug-likeness (QED) is 0.318. The van der Waals surface area contributed by atoms with Crippen molar-refractivity contribution in [3.05, 3.63) is 70.8 Å². The molecule has 4 heteroatoms. The molecule has 2 aliphatic carbocycles. The first-order chi connectivity index (χ1) is 16.7. The lowest BCUT2D eigenvalue weighted by Crippen LogP contribution is -2.49. The second-order valence-electron chi connectivity index (χ2n) is 10.6. The van der Waals surface area contributed by atoms with Crippen LogP contribution in [0.15, 0.2) is 42.5 Å². The molecule has 3 nitrogen and oxygen atoms in total. The molecule has 2 aromatic carbocycles. The maximum Gasteiger partial charge on any atom is 0.187 e. The zero-order valence-electron chi connectivity index (χ0n) is 20.3. The van der Waals surface area contributed by atoms with Gasteiger partial charge in [0, 0.05) is 12.0 Å². The first kappa shape index (κ1) is 23.4. The Kier molecular flexibility index (Phi) is 7.21. The fourth-order valence-electron chi connectivity index (χ4n) is 7.32. The number of hydrogen-bond acceptors (Lipinski definition) is 2. The van der Waals surface area contributed by atoms with Crippen LogP contribution in [0.2, 0.25) is 0 Å². The van der Waals surface area contributed by atoms with Gasteiger partial charge >= 0.3 is 0 Å². The molecule has 1 saturated heterocycles. The highest BCUT2D eigenvalue weighted by Gasteiger charge is 2.49. The van der Waals surface area contributed by atoms with Crippen LogP contribution < -0.4 is 4.74 Å². The fraction of sp³-hybridized carbons (Fsp3) is 0.567. The minimum Gasteiger partial charge on any atom is -0.494 e. The van der Waals surface area contributed by atoms with Crippen LogP contribution in [0.1, 0.15) is 68.9 Å². The van der Waals surface area contributed by atoms with E-state index in [0.717, 1.165) is 44.1 Å².